The summed E-state index contributed by atoms with van der Waals surface area (Å²) in [5.41, 5.74) is 0.736. The Balaban J connectivity index is 1.73. The number of halogens is 1. The molecule has 0 bridgehead atoms. The Morgan fingerprint density at radius 1 is 1.17 bits per heavy atom. The van der Waals surface area contributed by atoms with E-state index >= 15 is 0 Å². The summed E-state index contributed by atoms with van der Waals surface area (Å²) >= 11 is 3.27. The van der Waals surface area contributed by atoms with Crippen LogP contribution in [0, 0.1) is 0 Å². The van der Waals surface area contributed by atoms with Gasteiger partial charge in [-0.2, -0.15) is 0 Å². The summed E-state index contributed by atoms with van der Waals surface area (Å²) in [6, 6.07) is 10.3. The maximum Gasteiger partial charge on any atom is 0.241 e. The highest BCUT2D eigenvalue weighted by molar-refractivity contribution is 9.10. The van der Waals surface area contributed by atoms with Gasteiger partial charge in [0.2, 0.25) is 15.9 Å². The second kappa shape index (κ2) is 7.63. The van der Waals surface area contributed by atoms with Crippen LogP contribution in [-0.2, 0) is 16.6 Å². The molecule has 0 atom stereocenters. The van der Waals surface area contributed by atoms with E-state index < -0.39 is 10.0 Å². The number of ether oxygens (including phenoxy) is 1. The Labute approximate surface area is 150 Å². The summed E-state index contributed by atoms with van der Waals surface area (Å²) < 4.78 is 34.1. The van der Waals surface area contributed by atoms with E-state index in [1.165, 1.54) is 12.8 Å². The molecule has 1 aromatic heterocycles. The van der Waals surface area contributed by atoms with Gasteiger partial charge in [0.1, 0.15) is 6.10 Å². The van der Waals surface area contributed by atoms with Crippen molar-refractivity contribution in [2.45, 2.75) is 43.2 Å². The zero-order valence-corrected chi connectivity index (χ0v) is 15.5. The normalized spacial score (nSPS) is 15.5. The molecular weight excluding hydrogens is 392 g/mol. The van der Waals surface area contributed by atoms with Gasteiger partial charge < -0.3 is 4.74 Å². The minimum atomic E-state index is -3.61. The second-order valence-electron chi connectivity index (χ2n) is 5.75. The molecule has 1 aliphatic rings. The predicted molar refractivity (Wildman–Crippen MR) is 95.3 cm³/mol. The number of pyridine rings is 1. The number of nitrogens with zero attached hydrogens (tertiary/aromatic N) is 1. The average molecular weight is 411 g/mol. The van der Waals surface area contributed by atoms with Crippen molar-refractivity contribution in [3.05, 3.63) is 52.6 Å². The van der Waals surface area contributed by atoms with Crippen LogP contribution in [0.4, 0.5) is 0 Å². The van der Waals surface area contributed by atoms with Crippen molar-refractivity contribution in [1.82, 2.24) is 9.71 Å². The minimum absolute atomic E-state index is 0.138. The summed E-state index contributed by atoms with van der Waals surface area (Å²) in [6.45, 7) is 0.138. The van der Waals surface area contributed by atoms with Gasteiger partial charge in [-0.25, -0.2) is 18.1 Å². The summed E-state index contributed by atoms with van der Waals surface area (Å²) in [7, 11) is -3.61. The maximum absolute atomic E-state index is 12.5. The van der Waals surface area contributed by atoms with Gasteiger partial charge in [0, 0.05) is 22.8 Å². The summed E-state index contributed by atoms with van der Waals surface area (Å²) in [5.74, 6) is 0.513. The summed E-state index contributed by atoms with van der Waals surface area (Å²) in [6.07, 6.45) is 6.23. The fraction of sp³-hybridized carbons (Fsp3) is 0.353. The van der Waals surface area contributed by atoms with Crippen molar-refractivity contribution >= 4 is 26.0 Å². The number of hydrogen-bond acceptors (Lipinski definition) is 4. The van der Waals surface area contributed by atoms with Gasteiger partial charge in [0.25, 0.3) is 0 Å². The number of nitrogens with one attached hydrogen (secondary N) is 1. The molecular formula is C17H19BrN2O3S. The highest BCUT2D eigenvalue weighted by atomic mass is 79.9. The molecule has 128 valence electrons. The second-order valence-corrected chi connectivity index (χ2v) is 8.34. The maximum atomic E-state index is 12.5. The monoisotopic (exact) mass is 410 g/mol. The number of aromatic nitrogens is 1. The van der Waals surface area contributed by atoms with Crippen molar-refractivity contribution < 1.29 is 13.2 Å². The van der Waals surface area contributed by atoms with Crippen LogP contribution in [0.1, 0.15) is 31.2 Å². The quantitative estimate of drug-likeness (QED) is 0.788. The van der Waals surface area contributed by atoms with E-state index in [1.807, 2.05) is 6.07 Å². The molecule has 1 saturated carbocycles. The van der Waals surface area contributed by atoms with Gasteiger partial charge in [0.05, 0.1) is 4.90 Å². The molecule has 1 fully saturated rings. The van der Waals surface area contributed by atoms with E-state index in [0.29, 0.717) is 10.4 Å². The molecule has 0 radical (unpaired) electrons. The molecule has 1 heterocycles. The fourth-order valence-corrected chi connectivity index (χ4v) is 4.75. The standard InChI is InChI=1S/C17H19BrN2O3S/c18-15-9-3-4-10-16(15)24(21,22)20-12-13-6-5-11-19-17(13)23-14-7-1-2-8-14/h3-6,9-11,14,20H,1-2,7-8,12H2. The molecule has 0 spiro atoms. The van der Waals surface area contributed by atoms with Crippen LogP contribution in [0.5, 0.6) is 5.88 Å². The Morgan fingerprint density at radius 2 is 1.92 bits per heavy atom. The average Bonchev–Trinajstić information content (AvgIpc) is 3.07. The molecule has 0 aliphatic heterocycles. The molecule has 0 amide bonds. The van der Waals surface area contributed by atoms with Gasteiger partial charge in [0.15, 0.2) is 0 Å². The van der Waals surface area contributed by atoms with E-state index in [-0.39, 0.29) is 17.5 Å². The zero-order valence-electron chi connectivity index (χ0n) is 13.1. The van der Waals surface area contributed by atoms with Crippen LogP contribution in [0.15, 0.2) is 52.0 Å². The highest BCUT2D eigenvalue weighted by Crippen LogP contribution is 2.26. The first-order valence-electron chi connectivity index (χ1n) is 7.91. The molecule has 2 aromatic rings. The largest absolute Gasteiger partial charge is 0.474 e. The Kier molecular flexibility index (Phi) is 5.53. The third-order valence-corrected chi connectivity index (χ3v) is 6.42. The number of benzene rings is 1. The smallest absolute Gasteiger partial charge is 0.241 e. The Morgan fingerprint density at radius 3 is 2.67 bits per heavy atom. The third-order valence-electron chi connectivity index (χ3n) is 4.01. The molecule has 1 aliphatic carbocycles. The van der Waals surface area contributed by atoms with Crippen LogP contribution in [0.25, 0.3) is 0 Å². The molecule has 1 N–H and O–H groups in total. The lowest BCUT2D eigenvalue weighted by Gasteiger charge is -2.15. The van der Waals surface area contributed by atoms with E-state index in [1.54, 1.807) is 36.5 Å². The van der Waals surface area contributed by atoms with Crippen molar-refractivity contribution in [2.75, 3.05) is 0 Å². The first-order chi connectivity index (χ1) is 11.6. The van der Waals surface area contributed by atoms with Crippen LogP contribution in [0.2, 0.25) is 0 Å². The molecule has 1 aromatic carbocycles. The summed E-state index contributed by atoms with van der Waals surface area (Å²) in [5, 5.41) is 0. The first kappa shape index (κ1) is 17.4. The third kappa shape index (κ3) is 4.15. The molecule has 3 rings (SSSR count). The van der Waals surface area contributed by atoms with E-state index in [4.69, 9.17) is 4.74 Å². The number of hydrogen-bond donors (Lipinski definition) is 1. The lowest BCUT2D eigenvalue weighted by atomic mass is 10.2. The topological polar surface area (TPSA) is 68.3 Å². The van der Waals surface area contributed by atoms with Gasteiger partial charge in [-0.1, -0.05) is 18.2 Å². The van der Waals surface area contributed by atoms with E-state index in [9.17, 15) is 8.42 Å². The van der Waals surface area contributed by atoms with Crippen LogP contribution in [0.3, 0.4) is 0 Å². The lowest BCUT2D eigenvalue weighted by molar-refractivity contribution is 0.199. The van der Waals surface area contributed by atoms with Crippen LogP contribution in [-0.4, -0.2) is 19.5 Å². The first-order valence-corrected chi connectivity index (χ1v) is 10.2. The molecule has 0 saturated heterocycles. The zero-order chi connectivity index (χ0) is 17.0. The number of rotatable bonds is 6. The van der Waals surface area contributed by atoms with Gasteiger partial charge >= 0.3 is 0 Å². The molecule has 24 heavy (non-hydrogen) atoms. The van der Waals surface area contributed by atoms with E-state index in [0.717, 1.165) is 18.4 Å². The minimum Gasteiger partial charge on any atom is -0.474 e. The number of sulfonamides is 1. The van der Waals surface area contributed by atoms with Crippen molar-refractivity contribution in [3.8, 4) is 5.88 Å². The van der Waals surface area contributed by atoms with Crippen LogP contribution < -0.4 is 9.46 Å². The van der Waals surface area contributed by atoms with Crippen molar-refractivity contribution in [3.63, 3.8) is 0 Å². The Hall–Kier alpha value is -1.44. The van der Waals surface area contributed by atoms with Crippen LogP contribution >= 0.6 is 15.9 Å². The van der Waals surface area contributed by atoms with Gasteiger partial charge in [-0.3, -0.25) is 0 Å². The molecule has 7 heteroatoms. The van der Waals surface area contributed by atoms with E-state index in [2.05, 4.69) is 25.6 Å². The summed E-state index contributed by atoms with van der Waals surface area (Å²) in [4.78, 5) is 4.48. The molecule has 5 nitrogen and oxygen atoms in total. The highest BCUT2D eigenvalue weighted by Gasteiger charge is 2.20. The molecule has 0 unspecified atom stereocenters. The fourth-order valence-electron chi connectivity index (χ4n) is 2.74. The Bertz CT molecular complexity index is 805. The lowest BCUT2D eigenvalue weighted by Crippen LogP contribution is -2.24. The SMILES string of the molecule is O=S(=O)(NCc1cccnc1OC1CCCC1)c1ccccc1Br. The predicted octanol–water partition coefficient (Wildman–Crippen LogP) is 3.64. The van der Waals surface area contributed by atoms with Crippen molar-refractivity contribution in [2.24, 2.45) is 0 Å². The van der Waals surface area contributed by atoms with Gasteiger partial charge in [-0.15, -0.1) is 0 Å². The van der Waals surface area contributed by atoms with Gasteiger partial charge in [-0.05, 0) is 59.8 Å². The van der Waals surface area contributed by atoms with Crippen molar-refractivity contribution in [1.29, 1.82) is 0 Å².